The summed E-state index contributed by atoms with van der Waals surface area (Å²) in [6.07, 6.45) is 0. The summed E-state index contributed by atoms with van der Waals surface area (Å²) in [6.45, 7) is 2.96. The number of furan rings is 1. The molecule has 3 rings (SSSR count). The highest BCUT2D eigenvalue weighted by Crippen LogP contribution is 2.35. The lowest BCUT2D eigenvalue weighted by Gasteiger charge is -2.10. The molecule has 0 radical (unpaired) electrons. The Balaban J connectivity index is 2.08. The molecule has 3 aromatic rings. The van der Waals surface area contributed by atoms with Gasteiger partial charge in [0.15, 0.2) is 17.1 Å². The molecule has 0 aliphatic rings. The second-order valence-electron chi connectivity index (χ2n) is 6.12. The predicted molar refractivity (Wildman–Crippen MR) is 106 cm³/mol. The third-order valence-electron chi connectivity index (χ3n) is 4.18. The fourth-order valence-electron chi connectivity index (χ4n) is 2.97. The average Bonchev–Trinajstić information content (AvgIpc) is 2.97. The topological polar surface area (TPSA) is 129 Å². The van der Waals surface area contributed by atoms with Crippen LogP contribution < -0.4 is 9.46 Å². The number of aryl methyl sites for hydroxylation is 1. The standard InChI is InChI=1S/C18H15ClN2O7S/c1-9(22)17-10(2)28-18-13(17)6-11(7-14(18)19)20-29(25,26)12-4-5-16(27-3)15(8-12)21(23)24/h4-8,20H,1-3H3. The molecular formula is C18H15ClN2O7S. The van der Waals surface area contributed by atoms with E-state index < -0.39 is 20.6 Å². The van der Waals surface area contributed by atoms with Crippen LogP contribution >= 0.6 is 11.6 Å². The number of benzene rings is 2. The van der Waals surface area contributed by atoms with Crippen LogP contribution in [-0.4, -0.2) is 26.2 Å². The molecule has 29 heavy (non-hydrogen) atoms. The zero-order valence-corrected chi connectivity index (χ0v) is 17.1. The normalized spacial score (nSPS) is 11.4. The Labute approximate surface area is 170 Å². The number of halogens is 1. The Kier molecular flexibility index (Phi) is 5.24. The molecule has 0 spiro atoms. The molecule has 11 heteroatoms. The van der Waals surface area contributed by atoms with Gasteiger partial charge < -0.3 is 9.15 Å². The van der Waals surface area contributed by atoms with Crippen LogP contribution in [0.15, 0.2) is 39.6 Å². The van der Waals surface area contributed by atoms with Crippen molar-refractivity contribution in [2.24, 2.45) is 0 Å². The van der Waals surface area contributed by atoms with Crippen molar-refractivity contribution in [1.29, 1.82) is 0 Å². The van der Waals surface area contributed by atoms with Gasteiger partial charge in [-0.15, -0.1) is 0 Å². The number of Topliss-reactive ketones (excluding diaryl/α,β-unsaturated/α-hetero) is 1. The van der Waals surface area contributed by atoms with Gasteiger partial charge in [0.05, 0.1) is 33.2 Å². The SMILES string of the molecule is COc1ccc(S(=O)(=O)Nc2cc(Cl)c3oc(C)c(C(C)=O)c3c2)cc1[N+](=O)[O-]. The van der Waals surface area contributed by atoms with Crippen LogP contribution in [0.3, 0.4) is 0 Å². The molecule has 0 bridgehead atoms. The van der Waals surface area contributed by atoms with E-state index in [1.165, 1.54) is 38.3 Å². The van der Waals surface area contributed by atoms with Gasteiger partial charge >= 0.3 is 5.69 Å². The third kappa shape index (κ3) is 3.76. The summed E-state index contributed by atoms with van der Waals surface area (Å²) in [6, 6.07) is 6.01. The van der Waals surface area contributed by atoms with E-state index in [0.29, 0.717) is 16.7 Å². The van der Waals surface area contributed by atoms with Gasteiger partial charge in [0.25, 0.3) is 10.0 Å². The minimum absolute atomic E-state index is 0.0709. The molecule has 0 atom stereocenters. The van der Waals surface area contributed by atoms with Crippen LogP contribution in [-0.2, 0) is 10.0 Å². The first-order valence-corrected chi connectivity index (χ1v) is 10.00. The first-order chi connectivity index (χ1) is 13.5. The second kappa shape index (κ2) is 7.37. The molecule has 9 nitrogen and oxygen atoms in total. The Bertz CT molecular complexity index is 1260. The van der Waals surface area contributed by atoms with Gasteiger partial charge in [-0.05, 0) is 38.1 Å². The van der Waals surface area contributed by atoms with Crippen molar-refractivity contribution in [2.75, 3.05) is 11.8 Å². The van der Waals surface area contributed by atoms with Crippen molar-refractivity contribution in [3.63, 3.8) is 0 Å². The first kappa shape index (κ1) is 20.6. The molecule has 0 aliphatic carbocycles. The summed E-state index contributed by atoms with van der Waals surface area (Å²) >= 11 is 6.19. The smallest absolute Gasteiger partial charge is 0.312 e. The number of nitro benzene ring substituents is 1. The third-order valence-corrected chi connectivity index (χ3v) is 5.84. The summed E-state index contributed by atoms with van der Waals surface area (Å²) in [5.41, 5.74) is 0.137. The quantitative estimate of drug-likeness (QED) is 0.344. The summed E-state index contributed by atoms with van der Waals surface area (Å²) in [7, 11) is -2.95. The summed E-state index contributed by atoms with van der Waals surface area (Å²) < 4.78 is 38.2. The lowest BCUT2D eigenvalue weighted by molar-refractivity contribution is -0.386. The van der Waals surface area contributed by atoms with Crippen molar-refractivity contribution < 1.29 is 27.3 Å². The molecule has 152 valence electrons. The lowest BCUT2D eigenvalue weighted by Crippen LogP contribution is -2.13. The highest BCUT2D eigenvalue weighted by molar-refractivity contribution is 7.92. The number of fused-ring (bicyclic) bond motifs is 1. The number of methoxy groups -OCH3 is 1. The first-order valence-electron chi connectivity index (χ1n) is 8.14. The van der Waals surface area contributed by atoms with E-state index in [4.69, 9.17) is 20.8 Å². The monoisotopic (exact) mass is 438 g/mol. The average molecular weight is 439 g/mol. The van der Waals surface area contributed by atoms with Crippen molar-refractivity contribution >= 4 is 49.8 Å². The molecule has 0 saturated heterocycles. The minimum Gasteiger partial charge on any atom is -0.490 e. The maximum Gasteiger partial charge on any atom is 0.312 e. The van der Waals surface area contributed by atoms with E-state index in [1.54, 1.807) is 6.92 Å². The van der Waals surface area contributed by atoms with Crippen LogP contribution in [0.2, 0.25) is 5.02 Å². The fourth-order valence-corrected chi connectivity index (χ4v) is 4.28. The molecule has 0 aliphatic heterocycles. The van der Waals surface area contributed by atoms with Gasteiger partial charge in [0, 0.05) is 11.5 Å². The lowest BCUT2D eigenvalue weighted by atomic mass is 10.1. The number of rotatable bonds is 6. The Morgan fingerprint density at radius 1 is 1.28 bits per heavy atom. The predicted octanol–water partition coefficient (Wildman–Crippen LogP) is 4.31. The fraction of sp³-hybridized carbons (Fsp3) is 0.167. The van der Waals surface area contributed by atoms with Crippen LogP contribution in [0.25, 0.3) is 11.0 Å². The zero-order chi connectivity index (χ0) is 21.5. The number of hydrogen-bond donors (Lipinski definition) is 1. The van der Waals surface area contributed by atoms with Crippen molar-refractivity contribution in [2.45, 2.75) is 18.7 Å². The zero-order valence-electron chi connectivity index (χ0n) is 15.5. The Morgan fingerprint density at radius 3 is 2.55 bits per heavy atom. The van der Waals surface area contributed by atoms with Crippen LogP contribution in [0, 0.1) is 17.0 Å². The molecule has 1 aromatic heterocycles. The minimum atomic E-state index is -4.19. The number of ketones is 1. The van der Waals surface area contributed by atoms with Crippen LogP contribution in [0.5, 0.6) is 5.75 Å². The van der Waals surface area contributed by atoms with Gasteiger partial charge in [0.2, 0.25) is 0 Å². The number of carbonyl (C=O) groups excluding carboxylic acids is 1. The molecule has 0 amide bonds. The van der Waals surface area contributed by atoms with Crippen LogP contribution in [0.1, 0.15) is 23.0 Å². The number of carbonyl (C=O) groups is 1. The van der Waals surface area contributed by atoms with Gasteiger partial charge in [0.1, 0.15) is 5.76 Å². The largest absolute Gasteiger partial charge is 0.490 e. The van der Waals surface area contributed by atoms with Crippen molar-refractivity contribution in [3.05, 3.63) is 56.8 Å². The van der Waals surface area contributed by atoms with Crippen LogP contribution in [0.4, 0.5) is 11.4 Å². The summed E-state index contributed by atoms with van der Waals surface area (Å²) in [5.74, 6) is 0.0293. The van der Waals surface area contributed by atoms with Gasteiger partial charge in [-0.1, -0.05) is 11.6 Å². The van der Waals surface area contributed by atoms with Crippen molar-refractivity contribution in [1.82, 2.24) is 0 Å². The van der Waals surface area contributed by atoms with E-state index in [-0.39, 0.29) is 32.7 Å². The molecule has 0 fully saturated rings. The Morgan fingerprint density at radius 2 is 1.97 bits per heavy atom. The van der Waals surface area contributed by atoms with E-state index in [2.05, 4.69) is 4.72 Å². The van der Waals surface area contributed by atoms with E-state index in [9.17, 15) is 23.3 Å². The van der Waals surface area contributed by atoms with E-state index >= 15 is 0 Å². The molecule has 2 aromatic carbocycles. The molecule has 1 heterocycles. The summed E-state index contributed by atoms with van der Waals surface area (Å²) in [4.78, 5) is 22.0. The van der Waals surface area contributed by atoms with E-state index in [1.807, 2.05) is 0 Å². The number of sulfonamides is 1. The summed E-state index contributed by atoms with van der Waals surface area (Å²) in [5, 5.41) is 11.6. The molecular weight excluding hydrogens is 424 g/mol. The molecule has 0 saturated carbocycles. The molecule has 0 unspecified atom stereocenters. The van der Waals surface area contributed by atoms with Gasteiger partial charge in [-0.25, -0.2) is 8.42 Å². The highest BCUT2D eigenvalue weighted by atomic mass is 35.5. The number of nitro groups is 1. The van der Waals surface area contributed by atoms with Crippen molar-refractivity contribution in [3.8, 4) is 5.75 Å². The number of nitrogens with one attached hydrogen (secondary N) is 1. The van der Waals surface area contributed by atoms with Gasteiger partial charge in [-0.3, -0.25) is 19.6 Å². The Hall–Kier alpha value is -3.11. The molecule has 1 N–H and O–H groups in total. The maximum absolute atomic E-state index is 12.7. The maximum atomic E-state index is 12.7. The second-order valence-corrected chi connectivity index (χ2v) is 8.21. The number of ether oxygens (including phenoxy) is 1. The number of hydrogen-bond acceptors (Lipinski definition) is 7. The van der Waals surface area contributed by atoms with E-state index in [0.717, 1.165) is 6.07 Å². The number of nitrogens with zero attached hydrogens (tertiary/aromatic N) is 1. The number of anilines is 1. The van der Waals surface area contributed by atoms with Gasteiger partial charge in [-0.2, -0.15) is 0 Å². The highest BCUT2D eigenvalue weighted by Gasteiger charge is 2.24.